The number of likely N-dealkylation sites (tertiary alicyclic amines) is 1. The molecule has 166 valence electrons. The molecule has 1 aliphatic carbocycles. The molecule has 2 fully saturated rings. The van der Waals surface area contributed by atoms with E-state index in [0.717, 1.165) is 49.9 Å². The van der Waals surface area contributed by atoms with Crippen molar-refractivity contribution in [2.75, 3.05) is 18.4 Å². The number of rotatable bonds is 5. The van der Waals surface area contributed by atoms with Crippen LogP contribution in [0.1, 0.15) is 38.5 Å². The molecule has 2 atom stereocenters. The summed E-state index contributed by atoms with van der Waals surface area (Å²) < 4.78 is 1.13. The van der Waals surface area contributed by atoms with Gasteiger partial charge in [0.15, 0.2) is 0 Å². The Bertz CT molecular complexity index is 988. The van der Waals surface area contributed by atoms with Crippen LogP contribution in [0.2, 0.25) is 5.02 Å². The summed E-state index contributed by atoms with van der Waals surface area (Å²) in [6, 6.07) is 5.99. The third kappa shape index (κ3) is 4.73. The Hall–Kier alpha value is -2.49. The molecular weight excluding hydrogens is 422 g/mol. The first kappa shape index (κ1) is 21.7. The van der Waals surface area contributed by atoms with Gasteiger partial charge in [0.05, 0.1) is 28.6 Å². The number of hydrogen-bond donors (Lipinski definition) is 2. The molecule has 0 radical (unpaired) electrons. The quantitative estimate of drug-likeness (QED) is 0.535. The van der Waals surface area contributed by atoms with E-state index in [4.69, 9.17) is 11.6 Å². The molecular formula is C21H26ClN5O4. The van der Waals surface area contributed by atoms with Gasteiger partial charge < -0.3 is 10.4 Å². The Kier molecular flexibility index (Phi) is 6.54. The Balaban J connectivity index is 1.41. The van der Waals surface area contributed by atoms with Crippen LogP contribution in [-0.4, -0.2) is 56.0 Å². The standard InChI is InChI=1S/C21H26ClN5O4/c22-20-17(13-23-26(21(20)29)15-5-7-16(8-6-15)27(30)31)24-14-9-11-25(12-10-14)18-3-1-2-4-19(18)28/h5-8,13-14,18-19,24,28H,1-4,9-12H2. The van der Waals surface area contributed by atoms with Crippen molar-refractivity contribution >= 4 is 23.0 Å². The Labute approximate surface area is 184 Å². The van der Waals surface area contributed by atoms with Gasteiger partial charge in [0.25, 0.3) is 11.2 Å². The number of nitro benzene ring substituents is 1. The van der Waals surface area contributed by atoms with E-state index in [2.05, 4.69) is 15.3 Å². The maximum atomic E-state index is 12.7. The van der Waals surface area contributed by atoms with Gasteiger partial charge in [0, 0.05) is 37.3 Å². The minimum Gasteiger partial charge on any atom is -0.391 e. The van der Waals surface area contributed by atoms with E-state index in [1.165, 1.54) is 36.9 Å². The van der Waals surface area contributed by atoms with Crippen LogP contribution >= 0.6 is 11.6 Å². The van der Waals surface area contributed by atoms with E-state index in [0.29, 0.717) is 11.4 Å². The second kappa shape index (κ2) is 9.33. The molecule has 0 amide bonds. The first-order valence-electron chi connectivity index (χ1n) is 10.7. The van der Waals surface area contributed by atoms with E-state index in [1.807, 2.05) is 0 Å². The number of anilines is 1. The van der Waals surface area contributed by atoms with Gasteiger partial charge >= 0.3 is 0 Å². The molecule has 2 aliphatic rings. The number of aliphatic hydroxyl groups excluding tert-OH is 1. The summed E-state index contributed by atoms with van der Waals surface area (Å²) in [5.41, 5.74) is 0.348. The number of non-ortho nitro benzene ring substituents is 1. The zero-order valence-electron chi connectivity index (χ0n) is 17.1. The lowest BCUT2D eigenvalue weighted by Gasteiger charge is -2.41. The number of aromatic nitrogens is 2. The number of hydrogen-bond acceptors (Lipinski definition) is 7. The molecule has 2 N–H and O–H groups in total. The summed E-state index contributed by atoms with van der Waals surface area (Å²) in [4.78, 5) is 25.4. The largest absolute Gasteiger partial charge is 0.391 e. The maximum absolute atomic E-state index is 12.7. The fourth-order valence-corrected chi connectivity index (χ4v) is 4.73. The SMILES string of the molecule is O=c1c(Cl)c(NC2CCN(C3CCCCC3O)CC2)cnn1-c1ccc([N+](=O)[O-])cc1. The first-order valence-corrected chi connectivity index (χ1v) is 11.0. The molecule has 1 aliphatic heterocycles. The van der Waals surface area contributed by atoms with Gasteiger partial charge in [-0.1, -0.05) is 24.4 Å². The number of halogens is 1. The Morgan fingerprint density at radius 2 is 1.81 bits per heavy atom. The molecule has 1 aromatic heterocycles. The molecule has 2 aromatic rings. The van der Waals surface area contributed by atoms with Crippen molar-refractivity contribution in [1.82, 2.24) is 14.7 Å². The highest BCUT2D eigenvalue weighted by molar-refractivity contribution is 6.33. The number of benzene rings is 1. The fourth-order valence-electron chi connectivity index (χ4n) is 4.55. The van der Waals surface area contributed by atoms with Crippen LogP contribution < -0.4 is 10.9 Å². The van der Waals surface area contributed by atoms with Crippen molar-refractivity contribution < 1.29 is 10.0 Å². The lowest BCUT2D eigenvalue weighted by atomic mass is 9.89. The summed E-state index contributed by atoms with van der Waals surface area (Å²) in [7, 11) is 0. The van der Waals surface area contributed by atoms with E-state index < -0.39 is 10.5 Å². The van der Waals surface area contributed by atoms with Gasteiger partial charge in [-0.2, -0.15) is 9.78 Å². The molecule has 1 saturated carbocycles. The van der Waals surface area contributed by atoms with Crippen LogP contribution in [0.4, 0.5) is 11.4 Å². The zero-order valence-corrected chi connectivity index (χ0v) is 17.9. The average molecular weight is 448 g/mol. The molecule has 1 aromatic carbocycles. The number of nitrogens with zero attached hydrogens (tertiary/aromatic N) is 4. The van der Waals surface area contributed by atoms with Crippen LogP contribution in [-0.2, 0) is 0 Å². The van der Waals surface area contributed by atoms with Gasteiger partial charge in [0.1, 0.15) is 5.02 Å². The van der Waals surface area contributed by atoms with Crippen LogP contribution in [0.15, 0.2) is 35.3 Å². The highest BCUT2D eigenvalue weighted by Gasteiger charge is 2.31. The second-order valence-electron chi connectivity index (χ2n) is 8.24. The third-order valence-electron chi connectivity index (χ3n) is 6.28. The molecule has 31 heavy (non-hydrogen) atoms. The molecule has 2 heterocycles. The van der Waals surface area contributed by atoms with Crippen LogP contribution in [0.25, 0.3) is 5.69 Å². The normalized spacial score (nSPS) is 22.9. The van der Waals surface area contributed by atoms with Crippen molar-refractivity contribution in [3.63, 3.8) is 0 Å². The fraction of sp³-hybridized carbons (Fsp3) is 0.524. The van der Waals surface area contributed by atoms with Crippen LogP contribution in [0, 0.1) is 10.1 Å². The van der Waals surface area contributed by atoms with Gasteiger partial charge in [0.2, 0.25) is 0 Å². The lowest BCUT2D eigenvalue weighted by Crippen LogP contribution is -2.50. The van der Waals surface area contributed by atoms with E-state index in [1.54, 1.807) is 0 Å². The van der Waals surface area contributed by atoms with Gasteiger partial charge in [-0.25, -0.2) is 0 Å². The topological polar surface area (TPSA) is 114 Å². The monoisotopic (exact) mass is 447 g/mol. The van der Waals surface area contributed by atoms with Crippen molar-refractivity contribution in [3.05, 3.63) is 56.0 Å². The minimum absolute atomic E-state index is 0.0403. The van der Waals surface area contributed by atoms with Gasteiger partial charge in [-0.05, 0) is 37.8 Å². The molecule has 4 rings (SSSR count). The number of nitro groups is 1. The van der Waals surface area contributed by atoms with Crippen molar-refractivity contribution in [1.29, 1.82) is 0 Å². The van der Waals surface area contributed by atoms with E-state index in [9.17, 15) is 20.0 Å². The molecule has 2 unspecified atom stereocenters. The minimum atomic E-state index is -0.500. The molecule has 1 saturated heterocycles. The average Bonchev–Trinajstić information content (AvgIpc) is 2.78. The second-order valence-corrected chi connectivity index (χ2v) is 8.61. The Morgan fingerprint density at radius 1 is 1.13 bits per heavy atom. The van der Waals surface area contributed by atoms with Crippen molar-refractivity contribution in [3.8, 4) is 5.69 Å². The summed E-state index contributed by atoms with van der Waals surface area (Å²) in [5.74, 6) is 0. The maximum Gasteiger partial charge on any atom is 0.292 e. The highest BCUT2D eigenvalue weighted by Crippen LogP contribution is 2.27. The smallest absolute Gasteiger partial charge is 0.292 e. The van der Waals surface area contributed by atoms with Crippen molar-refractivity contribution in [2.45, 2.75) is 56.7 Å². The number of piperidine rings is 1. The lowest BCUT2D eigenvalue weighted by molar-refractivity contribution is -0.384. The predicted octanol–water partition coefficient (Wildman–Crippen LogP) is 2.97. The van der Waals surface area contributed by atoms with Gasteiger partial charge in [-0.15, -0.1) is 0 Å². The number of aliphatic hydroxyl groups is 1. The predicted molar refractivity (Wildman–Crippen MR) is 118 cm³/mol. The summed E-state index contributed by atoms with van der Waals surface area (Å²) >= 11 is 6.33. The zero-order chi connectivity index (χ0) is 22.0. The molecule has 0 bridgehead atoms. The molecule has 10 heteroatoms. The van der Waals surface area contributed by atoms with E-state index in [-0.39, 0.29) is 28.9 Å². The Morgan fingerprint density at radius 3 is 2.45 bits per heavy atom. The number of nitrogens with one attached hydrogen (secondary N) is 1. The third-order valence-corrected chi connectivity index (χ3v) is 6.64. The summed E-state index contributed by atoms with van der Waals surface area (Å²) in [5, 5.41) is 28.7. The van der Waals surface area contributed by atoms with Crippen LogP contribution in [0.3, 0.4) is 0 Å². The van der Waals surface area contributed by atoms with Crippen molar-refractivity contribution in [2.24, 2.45) is 0 Å². The first-order chi connectivity index (χ1) is 14.9. The van der Waals surface area contributed by atoms with E-state index >= 15 is 0 Å². The summed E-state index contributed by atoms with van der Waals surface area (Å²) in [6.07, 6.45) is 7.28. The highest BCUT2D eigenvalue weighted by atomic mass is 35.5. The summed E-state index contributed by atoms with van der Waals surface area (Å²) in [6.45, 7) is 1.79. The molecule has 0 spiro atoms. The van der Waals surface area contributed by atoms with Gasteiger partial charge in [-0.3, -0.25) is 19.8 Å². The molecule has 9 nitrogen and oxygen atoms in total. The van der Waals surface area contributed by atoms with Crippen LogP contribution in [0.5, 0.6) is 0 Å².